The Balaban J connectivity index is 1.97. The van der Waals surface area contributed by atoms with E-state index < -0.39 is 5.54 Å². The molecule has 1 saturated carbocycles. The van der Waals surface area contributed by atoms with Crippen LogP contribution in [0, 0.1) is 36.5 Å². The molecule has 1 aliphatic carbocycles. The van der Waals surface area contributed by atoms with Gasteiger partial charge in [0.05, 0.1) is 24.9 Å². The summed E-state index contributed by atoms with van der Waals surface area (Å²) in [4.78, 5) is 18.6. The first-order valence-electron chi connectivity index (χ1n) is 7.77. The molecule has 1 fully saturated rings. The lowest BCUT2D eigenvalue weighted by Crippen LogP contribution is -2.50. The van der Waals surface area contributed by atoms with Crippen molar-refractivity contribution in [3.8, 4) is 18.4 Å². The van der Waals surface area contributed by atoms with Crippen LogP contribution < -0.4 is 5.32 Å². The van der Waals surface area contributed by atoms with Crippen LogP contribution in [0.4, 0.5) is 0 Å². The molecule has 1 heterocycles. The normalized spacial score (nSPS) is 16.2. The fourth-order valence-corrected chi connectivity index (χ4v) is 2.63. The van der Waals surface area contributed by atoms with E-state index in [2.05, 4.69) is 22.3 Å². The second kappa shape index (κ2) is 7.26. The third kappa shape index (κ3) is 4.81. The van der Waals surface area contributed by atoms with E-state index in [0.29, 0.717) is 13.1 Å². The molecule has 0 aromatic carbocycles. The highest BCUT2D eigenvalue weighted by atomic mass is 16.2. The van der Waals surface area contributed by atoms with Crippen LogP contribution in [-0.4, -0.2) is 34.4 Å². The number of hydrogen-bond acceptors (Lipinski definition) is 4. The third-order valence-electron chi connectivity index (χ3n) is 4.04. The highest BCUT2D eigenvalue weighted by Gasteiger charge is 2.43. The van der Waals surface area contributed by atoms with Gasteiger partial charge in [-0.05, 0) is 44.7 Å². The van der Waals surface area contributed by atoms with Gasteiger partial charge in [0.15, 0.2) is 0 Å². The average molecular weight is 310 g/mol. The van der Waals surface area contributed by atoms with Crippen LogP contribution >= 0.6 is 0 Å². The molecule has 0 radical (unpaired) electrons. The van der Waals surface area contributed by atoms with Crippen LogP contribution in [0.3, 0.4) is 0 Å². The smallest absolute Gasteiger partial charge is 0.235 e. The predicted octanol–water partition coefficient (Wildman–Crippen LogP) is 1.63. The van der Waals surface area contributed by atoms with Gasteiger partial charge in [0, 0.05) is 12.2 Å². The largest absolute Gasteiger partial charge is 0.337 e. The highest BCUT2D eigenvalue weighted by molar-refractivity contribution is 5.79. The monoisotopic (exact) mass is 310 g/mol. The van der Waals surface area contributed by atoms with E-state index in [4.69, 9.17) is 6.42 Å². The van der Waals surface area contributed by atoms with E-state index in [9.17, 15) is 10.1 Å². The third-order valence-corrected chi connectivity index (χ3v) is 4.04. The molecule has 0 bridgehead atoms. The lowest BCUT2D eigenvalue weighted by molar-refractivity contribution is -0.123. The van der Waals surface area contributed by atoms with Gasteiger partial charge in [0.25, 0.3) is 0 Å². The molecule has 5 nitrogen and oxygen atoms in total. The van der Waals surface area contributed by atoms with Gasteiger partial charge in [-0.25, -0.2) is 0 Å². The summed E-state index contributed by atoms with van der Waals surface area (Å²) in [6.07, 6.45) is 7.39. The molecule has 1 aromatic heterocycles. The van der Waals surface area contributed by atoms with Crippen LogP contribution in [0.15, 0.2) is 18.2 Å². The SMILES string of the molecule is C#CCN(CC(=O)N[C@@](C)(C#N)C1CC1)Cc1cccc(C)n1. The minimum atomic E-state index is -0.777. The number of carbonyl (C=O) groups is 1. The number of nitrogens with one attached hydrogen (secondary N) is 1. The first kappa shape index (κ1) is 17.0. The Labute approximate surface area is 137 Å². The molecule has 120 valence electrons. The van der Waals surface area contributed by atoms with Crippen molar-refractivity contribution in [2.24, 2.45) is 5.92 Å². The lowest BCUT2D eigenvalue weighted by Gasteiger charge is -2.25. The van der Waals surface area contributed by atoms with Crippen molar-refractivity contribution in [2.75, 3.05) is 13.1 Å². The molecule has 0 spiro atoms. The van der Waals surface area contributed by atoms with Crippen molar-refractivity contribution >= 4 is 5.91 Å². The summed E-state index contributed by atoms with van der Waals surface area (Å²) in [5.74, 6) is 2.66. The Kier molecular flexibility index (Phi) is 5.36. The molecule has 2 rings (SSSR count). The molecule has 1 aromatic rings. The number of aryl methyl sites for hydroxylation is 1. The number of nitrogens with zero attached hydrogens (tertiary/aromatic N) is 3. The highest BCUT2D eigenvalue weighted by Crippen LogP contribution is 2.39. The van der Waals surface area contributed by atoms with E-state index in [0.717, 1.165) is 24.2 Å². The Morgan fingerprint density at radius 3 is 2.87 bits per heavy atom. The number of hydrogen-bond donors (Lipinski definition) is 1. The summed E-state index contributed by atoms with van der Waals surface area (Å²) in [6, 6.07) is 8.01. The number of pyridine rings is 1. The molecular formula is C18H22N4O. The zero-order chi connectivity index (χ0) is 16.9. The number of aromatic nitrogens is 1. The van der Waals surface area contributed by atoms with Crippen molar-refractivity contribution in [1.29, 1.82) is 5.26 Å². The molecule has 1 aliphatic rings. The Bertz CT molecular complexity index is 654. The number of nitriles is 1. The van der Waals surface area contributed by atoms with Gasteiger partial charge in [0.2, 0.25) is 5.91 Å². The number of rotatable bonds is 7. The van der Waals surface area contributed by atoms with E-state index >= 15 is 0 Å². The summed E-state index contributed by atoms with van der Waals surface area (Å²) >= 11 is 0. The zero-order valence-corrected chi connectivity index (χ0v) is 13.7. The first-order valence-corrected chi connectivity index (χ1v) is 7.77. The minimum absolute atomic E-state index is 0.157. The lowest BCUT2D eigenvalue weighted by atomic mass is 9.98. The van der Waals surface area contributed by atoms with Gasteiger partial charge >= 0.3 is 0 Å². The maximum atomic E-state index is 12.3. The van der Waals surface area contributed by atoms with Gasteiger partial charge < -0.3 is 5.32 Å². The van der Waals surface area contributed by atoms with Crippen molar-refractivity contribution in [2.45, 2.75) is 38.8 Å². The Morgan fingerprint density at radius 2 is 2.30 bits per heavy atom. The molecule has 23 heavy (non-hydrogen) atoms. The molecule has 0 aliphatic heterocycles. The van der Waals surface area contributed by atoms with Crippen LogP contribution in [-0.2, 0) is 11.3 Å². The van der Waals surface area contributed by atoms with Crippen LogP contribution in [0.5, 0.6) is 0 Å². The topological polar surface area (TPSA) is 69.0 Å². The molecule has 0 saturated heterocycles. The number of carbonyl (C=O) groups excluding carboxylic acids is 1. The molecule has 1 N–H and O–H groups in total. The quantitative estimate of drug-likeness (QED) is 0.777. The summed E-state index contributed by atoms with van der Waals surface area (Å²) in [6.45, 7) is 4.73. The molecule has 5 heteroatoms. The van der Waals surface area contributed by atoms with Gasteiger partial charge in [-0.15, -0.1) is 6.42 Å². The zero-order valence-electron chi connectivity index (χ0n) is 13.7. The Morgan fingerprint density at radius 1 is 1.57 bits per heavy atom. The van der Waals surface area contributed by atoms with E-state index in [1.54, 1.807) is 6.92 Å². The number of terminal acetylenes is 1. The standard InChI is InChI=1S/C18H22N4O/c1-4-10-22(11-16-7-5-6-14(2)20-16)12-17(23)21-18(3,13-19)15-8-9-15/h1,5-7,15H,8-12H2,2-3H3,(H,21,23)/t18-/m0/s1. The maximum Gasteiger partial charge on any atom is 0.235 e. The number of amides is 1. The fraction of sp³-hybridized carbons (Fsp3) is 0.500. The van der Waals surface area contributed by atoms with Crippen molar-refractivity contribution in [3.63, 3.8) is 0 Å². The van der Waals surface area contributed by atoms with Crippen LogP contribution in [0.2, 0.25) is 0 Å². The van der Waals surface area contributed by atoms with Crippen LogP contribution in [0.25, 0.3) is 0 Å². The molecule has 1 amide bonds. The summed E-state index contributed by atoms with van der Waals surface area (Å²) in [7, 11) is 0. The van der Waals surface area contributed by atoms with Crippen LogP contribution in [0.1, 0.15) is 31.2 Å². The van der Waals surface area contributed by atoms with Crippen molar-refractivity contribution in [3.05, 3.63) is 29.6 Å². The van der Waals surface area contributed by atoms with E-state index in [1.165, 1.54) is 0 Å². The second-order valence-electron chi connectivity index (χ2n) is 6.26. The molecule has 0 unspecified atom stereocenters. The van der Waals surface area contributed by atoms with E-state index in [-0.39, 0.29) is 18.4 Å². The summed E-state index contributed by atoms with van der Waals surface area (Å²) in [5.41, 5.74) is 1.03. The fourth-order valence-electron chi connectivity index (χ4n) is 2.63. The molecular weight excluding hydrogens is 288 g/mol. The second-order valence-corrected chi connectivity index (χ2v) is 6.26. The van der Waals surface area contributed by atoms with Gasteiger partial charge in [-0.3, -0.25) is 14.7 Å². The molecule has 1 atom stereocenters. The van der Waals surface area contributed by atoms with E-state index in [1.807, 2.05) is 30.0 Å². The predicted molar refractivity (Wildman–Crippen MR) is 88.0 cm³/mol. The van der Waals surface area contributed by atoms with Crippen molar-refractivity contribution in [1.82, 2.24) is 15.2 Å². The summed E-state index contributed by atoms with van der Waals surface area (Å²) in [5, 5.41) is 12.2. The Hall–Kier alpha value is -2.37. The first-order chi connectivity index (χ1) is 11.0. The maximum absolute atomic E-state index is 12.3. The van der Waals surface area contributed by atoms with Gasteiger partial charge in [-0.1, -0.05) is 12.0 Å². The average Bonchev–Trinajstić information content (AvgIpc) is 3.32. The van der Waals surface area contributed by atoms with Crippen molar-refractivity contribution < 1.29 is 4.79 Å². The minimum Gasteiger partial charge on any atom is -0.337 e. The van der Waals surface area contributed by atoms with Gasteiger partial charge in [0.1, 0.15) is 5.54 Å². The summed E-state index contributed by atoms with van der Waals surface area (Å²) < 4.78 is 0. The van der Waals surface area contributed by atoms with Gasteiger partial charge in [-0.2, -0.15) is 5.26 Å².